The van der Waals surface area contributed by atoms with Crippen molar-refractivity contribution in [2.24, 2.45) is 11.7 Å². The highest BCUT2D eigenvalue weighted by Gasteiger charge is 2.24. The number of rotatable bonds is 5. The number of aliphatic hydroxyl groups excluding tert-OH is 1. The highest BCUT2D eigenvalue weighted by Crippen LogP contribution is 2.18. The summed E-state index contributed by atoms with van der Waals surface area (Å²) in [7, 11) is 0. The minimum Gasteiger partial charge on any atom is -0.383 e. The first kappa shape index (κ1) is 14.7. The standard InChI is InChI=1S/C15H21N3O2/c1-9(2)13(16)14(19)15-17-12(20-18-15)8-11-6-4-5-10(3)7-11/h4-7,9,13-14,19H,8,16H2,1-3H3/t13-,14?/m0/s1. The fraction of sp³-hybridized carbons (Fsp3) is 0.467. The summed E-state index contributed by atoms with van der Waals surface area (Å²) in [6.07, 6.45) is -0.344. The lowest BCUT2D eigenvalue weighted by atomic mass is 9.99. The smallest absolute Gasteiger partial charge is 0.231 e. The molecule has 3 N–H and O–H groups in total. The Bertz CT molecular complexity index is 566. The average Bonchev–Trinajstić information content (AvgIpc) is 2.85. The minimum atomic E-state index is -0.898. The van der Waals surface area contributed by atoms with Crippen LogP contribution in [0.4, 0.5) is 0 Å². The third-order valence-corrected chi connectivity index (χ3v) is 3.32. The number of aliphatic hydroxyl groups is 1. The molecule has 0 aliphatic heterocycles. The van der Waals surface area contributed by atoms with Crippen molar-refractivity contribution in [3.8, 4) is 0 Å². The van der Waals surface area contributed by atoms with Gasteiger partial charge in [0.05, 0.1) is 6.42 Å². The first-order valence-corrected chi connectivity index (χ1v) is 6.79. The molecule has 1 aromatic heterocycles. The maximum absolute atomic E-state index is 10.1. The van der Waals surface area contributed by atoms with E-state index in [9.17, 15) is 5.11 Å². The molecule has 0 aliphatic carbocycles. The lowest BCUT2D eigenvalue weighted by molar-refractivity contribution is 0.114. The molecule has 2 aromatic rings. The van der Waals surface area contributed by atoms with Crippen LogP contribution >= 0.6 is 0 Å². The summed E-state index contributed by atoms with van der Waals surface area (Å²) in [5.74, 6) is 0.887. The Kier molecular flexibility index (Phi) is 4.52. The highest BCUT2D eigenvalue weighted by molar-refractivity contribution is 5.24. The van der Waals surface area contributed by atoms with Crippen molar-refractivity contribution in [1.29, 1.82) is 0 Å². The number of nitrogens with zero attached hydrogens (tertiary/aromatic N) is 2. The Balaban J connectivity index is 2.09. The number of nitrogens with two attached hydrogens (primary N) is 1. The molecular weight excluding hydrogens is 254 g/mol. The van der Waals surface area contributed by atoms with E-state index in [0.717, 1.165) is 5.56 Å². The van der Waals surface area contributed by atoms with Gasteiger partial charge in [-0.05, 0) is 18.4 Å². The van der Waals surface area contributed by atoms with Crippen LogP contribution < -0.4 is 5.73 Å². The average molecular weight is 275 g/mol. The van der Waals surface area contributed by atoms with Crippen LogP contribution in [0.1, 0.15) is 42.8 Å². The maximum Gasteiger partial charge on any atom is 0.231 e. The second-order valence-corrected chi connectivity index (χ2v) is 5.48. The molecule has 0 aliphatic rings. The second-order valence-electron chi connectivity index (χ2n) is 5.48. The first-order chi connectivity index (χ1) is 9.47. The Labute approximate surface area is 118 Å². The van der Waals surface area contributed by atoms with Gasteiger partial charge in [-0.2, -0.15) is 4.98 Å². The van der Waals surface area contributed by atoms with Gasteiger partial charge < -0.3 is 15.4 Å². The summed E-state index contributed by atoms with van der Waals surface area (Å²) in [6, 6.07) is 7.70. The van der Waals surface area contributed by atoms with Gasteiger partial charge in [-0.15, -0.1) is 0 Å². The van der Waals surface area contributed by atoms with Crippen LogP contribution in [0.2, 0.25) is 0 Å². The third kappa shape index (κ3) is 3.43. The van der Waals surface area contributed by atoms with Crippen LogP contribution in [0, 0.1) is 12.8 Å². The van der Waals surface area contributed by atoms with E-state index in [4.69, 9.17) is 10.3 Å². The molecule has 1 heterocycles. The minimum absolute atomic E-state index is 0.142. The first-order valence-electron chi connectivity index (χ1n) is 6.79. The van der Waals surface area contributed by atoms with Crippen molar-refractivity contribution in [3.63, 3.8) is 0 Å². The molecule has 5 heteroatoms. The van der Waals surface area contributed by atoms with E-state index in [0.29, 0.717) is 12.3 Å². The molecule has 5 nitrogen and oxygen atoms in total. The molecule has 0 saturated heterocycles. The van der Waals surface area contributed by atoms with Crippen molar-refractivity contribution in [1.82, 2.24) is 10.1 Å². The van der Waals surface area contributed by atoms with Gasteiger partial charge in [0.25, 0.3) is 0 Å². The van der Waals surface area contributed by atoms with Crippen LogP contribution in [0.25, 0.3) is 0 Å². The normalized spacial score (nSPS) is 14.5. The van der Waals surface area contributed by atoms with Crippen LogP contribution in [0.5, 0.6) is 0 Å². The van der Waals surface area contributed by atoms with Gasteiger partial charge in [-0.3, -0.25) is 0 Å². The van der Waals surface area contributed by atoms with E-state index >= 15 is 0 Å². The Morgan fingerprint density at radius 2 is 2.10 bits per heavy atom. The third-order valence-electron chi connectivity index (χ3n) is 3.32. The summed E-state index contributed by atoms with van der Waals surface area (Å²) >= 11 is 0. The predicted octanol–water partition coefficient (Wildman–Crippen LogP) is 1.99. The van der Waals surface area contributed by atoms with Gasteiger partial charge in [0.2, 0.25) is 11.7 Å². The van der Waals surface area contributed by atoms with Crippen molar-refractivity contribution in [2.45, 2.75) is 39.3 Å². The second kappa shape index (κ2) is 6.15. The molecule has 0 radical (unpaired) electrons. The van der Waals surface area contributed by atoms with Crippen LogP contribution in [0.15, 0.2) is 28.8 Å². The number of aromatic nitrogens is 2. The van der Waals surface area contributed by atoms with E-state index in [-0.39, 0.29) is 11.7 Å². The molecule has 108 valence electrons. The SMILES string of the molecule is Cc1cccc(Cc2nc(C(O)[C@@H](N)C(C)C)no2)c1. The quantitative estimate of drug-likeness (QED) is 0.871. The topological polar surface area (TPSA) is 85.2 Å². The number of hydrogen-bond acceptors (Lipinski definition) is 5. The van der Waals surface area contributed by atoms with E-state index in [1.165, 1.54) is 5.56 Å². The van der Waals surface area contributed by atoms with Gasteiger partial charge in [-0.25, -0.2) is 0 Å². The van der Waals surface area contributed by atoms with Gasteiger partial charge in [0, 0.05) is 6.04 Å². The summed E-state index contributed by atoms with van der Waals surface area (Å²) in [4.78, 5) is 4.23. The molecule has 0 bridgehead atoms. The van der Waals surface area contributed by atoms with Crippen molar-refractivity contribution in [2.75, 3.05) is 0 Å². The molecule has 1 unspecified atom stereocenters. The van der Waals surface area contributed by atoms with E-state index in [2.05, 4.69) is 16.2 Å². The van der Waals surface area contributed by atoms with E-state index in [1.54, 1.807) is 0 Å². The molecule has 0 fully saturated rings. The largest absolute Gasteiger partial charge is 0.383 e. The monoisotopic (exact) mass is 275 g/mol. The van der Waals surface area contributed by atoms with Gasteiger partial charge in [-0.1, -0.05) is 48.8 Å². The lowest BCUT2D eigenvalue weighted by Gasteiger charge is -2.18. The zero-order valence-electron chi connectivity index (χ0n) is 12.1. The zero-order valence-corrected chi connectivity index (χ0v) is 12.1. The fourth-order valence-corrected chi connectivity index (χ4v) is 1.99. The molecule has 0 amide bonds. The number of benzene rings is 1. The van der Waals surface area contributed by atoms with E-state index in [1.807, 2.05) is 39.0 Å². The summed E-state index contributed by atoms with van der Waals surface area (Å²) in [5.41, 5.74) is 8.19. The maximum atomic E-state index is 10.1. The molecular formula is C15H21N3O2. The summed E-state index contributed by atoms with van der Waals surface area (Å²) in [5, 5.41) is 13.9. The summed E-state index contributed by atoms with van der Waals surface area (Å²) in [6.45, 7) is 5.93. The zero-order chi connectivity index (χ0) is 14.7. The molecule has 2 rings (SSSR count). The van der Waals surface area contributed by atoms with Gasteiger partial charge in [0.15, 0.2) is 0 Å². The van der Waals surface area contributed by atoms with Crippen LogP contribution in [0.3, 0.4) is 0 Å². The lowest BCUT2D eigenvalue weighted by Crippen LogP contribution is -2.34. The van der Waals surface area contributed by atoms with E-state index < -0.39 is 12.1 Å². The number of hydrogen-bond donors (Lipinski definition) is 2. The van der Waals surface area contributed by atoms with Crippen molar-refractivity contribution < 1.29 is 9.63 Å². The van der Waals surface area contributed by atoms with Gasteiger partial charge in [0.1, 0.15) is 6.10 Å². The Morgan fingerprint density at radius 1 is 1.35 bits per heavy atom. The molecule has 0 spiro atoms. The number of aryl methyl sites for hydroxylation is 1. The molecule has 20 heavy (non-hydrogen) atoms. The Morgan fingerprint density at radius 3 is 2.75 bits per heavy atom. The van der Waals surface area contributed by atoms with Crippen LogP contribution in [-0.4, -0.2) is 21.3 Å². The summed E-state index contributed by atoms with van der Waals surface area (Å²) < 4.78 is 5.18. The Hall–Kier alpha value is -1.72. The fourth-order valence-electron chi connectivity index (χ4n) is 1.99. The van der Waals surface area contributed by atoms with Gasteiger partial charge >= 0.3 is 0 Å². The van der Waals surface area contributed by atoms with Crippen LogP contribution in [-0.2, 0) is 6.42 Å². The van der Waals surface area contributed by atoms with Crippen molar-refractivity contribution >= 4 is 0 Å². The molecule has 1 aromatic carbocycles. The highest BCUT2D eigenvalue weighted by atomic mass is 16.5. The van der Waals surface area contributed by atoms with Crippen molar-refractivity contribution in [3.05, 3.63) is 47.1 Å². The molecule has 2 atom stereocenters. The molecule has 0 saturated carbocycles. The predicted molar refractivity (Wildman–Crippen MR) is 76.1 cm³/mol.